The average Bonchev–Trinajstić information content (AvgIpc) is 3.46. The average molecular weight is 504 g/mol. The Morgan fingerprint density at radius 3 is 2.44 bits per heavy atom. The van der Waals surface area contributed by atoms with Gasteiger partial charge in [-0.05, 0) is 12.1 Å². The van der Waals surface area contributed by atoms with Crippen molar-refractivity contribution in [3.8, 4) is 11.8 Å². The Labute approximate surface area is 192 Å². The predicted octanol–water partition coefficient (Wildman–Crippen LogP) is 2.03. The molecule has 182 valence electrons. The van der Waals surface area contributed by atoms with Crippen molar-refractivity contribution in [1.82, 2.24) is 24.1 Å². The highest BCUT2D eigenvalue weighted by Gasteiger charge is 2.38. The molecule has 15 heteroatoms. The second-order valence-electron chi connectivity index (χ2n) is 6.49. The van der Waals surface area contributed by atoms with Crippen molar-refractivity contribution in [2.45, 2.75) is 19.3 Å². The van der Waals surface area contributed by atoms with Gasteiger partial charge in [0.25, 0.3) is 6.08 Å². The third-order valence-electron chi connectivity index (χ3n) is 3.92. The topological polar surface area (TPSA) is 121 Å². The van der Waals surface area contributed by atoms with Crippen LogP contribution in [0.1, 0.15) is 15.3 Å². The van der Waals surface area contributed by atoms with Crippen LogP contribution in [-0.2, 0) is 24.9 Å². The SMILES string of the molecule is Cn1cc(C#Cc2ccc(Cn3cnn(CC(CN)=C(F)F)c3=O)s2)cn1.O=C(O)C(F)(F)F. The van der Waals surface area contributed by atoms with Crippen LogP contribution in [0.15, 0.2) is 47.3 Å². The van der Waals surface area contributed by atoms with Gasteiger partial charge >= 0.3 is 17.8 Å². The van der Waals surface area contributed by atoms with Crippen molar-refractivity contribution in [3.63, 3.8) is 0 Å². The molecule has 0 bridgehead atoms. The molecule has 0 aliphatic rings. The minimum absolute atomic E-state index is 0.290. The maximum atomic E-state index is 12.7. The number of carbonyl (C=O) groups is 1. The number of nitrogens with zero attached hydrogens (tertiary/aromatic N) is 5. The minimum atomic E-state index is -5.08. The fourth-order valence-corrected chi connectivity index (χ4v) is 3.15. The number of alkyl halides is 3. The van der Waals surface area contributed by atoms with Crippen LogP contribution in [0, 0.1) is 11.8 Å². The van der Waals surface area contributed by atoms with E-state index < -0.39 is 23.9 Å². The zero-order valence-electron chi connectivity index (χ0n) is 17.4. The smallest absolute Gasteiger partial charge is 0.475 e. The van der Waals surface area contributed by atoms with Gasteiger partial charge in [0.05, 0.1) is 29.7 Å². The second kappa shape index (κ2) is 11.4. The third kappa shape index (κ3) is 7.67. The van der Waals surface area contributed by atoms with E-state index in [9.17, 15) is 26.7 Å². The lowest BCUT2D eigenvalue weighted by molar-refractivity contribution is -0.192. The Balaban J connectivity index is 0.000000509. The van der Waals surface area contributed by atoms with E-state index in [0.717, 1.165) is 20.0 Å². The highest BCUT2D eigenvalue weighted by atomic mass is 32.1. The quantitative estimate of drug-likeness (QED) is 0.405. The van der Waals surface area contributed by atoms with Gasteiger partial charge in [-0.25, -0.2) is 14.3 Å². The molecule has 3 N–H and O–H groups in total. The van der Waals surface area contributed by atoms with E-state index in [1.807, 2.05) is 25.4 Å². The molecule has 3 aromatic heterocycles. The van der Waals surface area contributed by atoms with Crippen LogP contribution in [0.5, 0.6) is 0 Å². The summed E-state index contributed by atoms with van der Waals surface area (Å²) in [7, 11) is 1.82. The number of aromatic nitrogens is 5. The minimum Gasteiger partial charge on any atom is -0.475 e. The van der Waals surface area contributed by atoms with Gasteiger partial charge < -0.3 is 10.8 Å². The molecule has 0 radical (unpaired) electrons. The maximum Gasteiger partial charge on any atom is 0.490 e. The molecule has 0 aliphatic heterocycles. The highest BCUT2D eigenvalue weighted by molar-refractivity contribution is 7.12. The van der Waals surface area contributed by atoms with Crippen LogP contribution in [0.25, 0.3) is 0 Å². The molecule has 0 saturated carbocycles. The molecule has 0 saturated heterocycles. The van der Waals surface area contributed by atoms with Gasteiger partial charge in [-0.3, -0.25) is 9.25 Å². The van der Waals surface area contributed by atoms with E-state index in [1.54, 1.807) is 10.9 Å². The van der Waals surface area contributed by atoms with Crippen molar-refractivity contribution < 1.29 is 31.9 Å². The van der Waals surface area contributed by atoms with Crippen LogP contribution >= 0.6 is 11.3 Å². The van der Waals surface area contributed by atoms with Crippen molar-refractivity contribution in [3.05, 3.63) is 68.3 Å². The molecule has 0 aromatic carbocycles. The van der Waals surface area contributed by atoms with E-state index in [0.29, 0.717) is 0 Å². The number of aryl methyl sites for hydroxylation is 1. The molecule has 0 unspecified atom stereocenters. The van der Waals surface area contributed by atoms with Gasteiger partial charge in [0.1, 0.15) is 6.33 Å². The monoisotopic (exact) mass is 504 g/mol. The number of thiophene rings is 1. The number of nitrogens with two attached hydrogens (primary N) is 1. The van der Waals surface area contributed by atoms with Gasteiger partial charge in [0.2, 0.25) is 0 Å². The largest absolute Gasteiger partial charge is 0.490 e. The van der Waals surface area contributed by atoms with Crippen molar-refractivity contribution in [1.29, 1.82) is 0 Å². The Hall–Kier alpha value is -3.77. The van der Waals surface area contributed by atoms with Crippen molar-refractivity contribution >= 4 is 17.3 Å². The highest BCUT2D eigenvalue weighted by Crippen LogP contribution is 2.16. The summed E-state index contributed by atoms with van der Waals surface area (Å²) < 4.78 is 61.1. The summed E-state index contributed by atoms with van der Waals surface area (Å²) in [6.45, 7) is -0.361. The first-order valence-corrected chi connectivity index (χ1v) is 9.97. The normalized spacial score (nSPS) is 10.7. The summed E-state index contributed by atoms with van der Waals surface area (Å²) >= 11 is 1.45. The number of carboxylic acids is 1. The first-order valence-electron chi connectivity index (χ1n) is 9.15. The molecule has 0 aliphatic carbocycles. The van der Waals surface area contributed by atoms with Crippen LogP contribution in [-0.4, -0.2) is 47.9 Å². The number of carboxylic acid groups (broad SMARTS) is 1. The summed E-state index contributed by atoms with van der Waals surface area (Å²) in [5.41, 5.74) is 5.30. The molecular formula is C19H17F5N6O3S. The number of rotatable bonds is 5. The number of aliphatic carboxylic acids is 1. The van der Waals surface area contributed by atoms with Crippen LogP contribution in [0.2, 0.25) is 0 Å². The van der Waals surface area contributed by atoms with E-state index in [1.165, 1.54) is 22.2 Å². The van der Waals surface area contributed by atoms with Crippen LogP contribution in [0.4, 0.5) is 22.0 Å². The zero-order valence-corrected chi connectivity index (χ0v) is 18.2. The Morgan fingerprint density at radius 2 is 1.91 bits per heavy atom. The van der Waals surface area contributed by atoms with Crippen molar-refractivity contribution in [2.75, 3.05) is 6.54 Å². The number of hydrogen-bond acceptors (Lipinski definition) is 6. The van der Waals surface area contributed by atoms with Crippen LogP contribution < -0.4 is 11.4 Å². The molecule has 0 fully saturated rings. The lowest BCUT2D eigenvalue weighted by atomic mass is 10.3. The lowest BCUT2D eigenvalue weighted by Crippen LogP contribution is -2.27. The van der Waals surface area contributed by atoms with Gasteiger partial charge in [-0.1, -0.05) is 11.8 Å². The van der Waals surface area contributed by atoms with Gasteiger partial charge in [0.15, 0.2) is 0 Å². The summed E-state index contributed by atoms with van der Waals surface area (Å²) in [5, 5.41) is 15.1. The third-order valence-corrected chi connectivity index (χ3v) is 4.90. The molecule has 0 atom stereocenters. The van der Waals surface area contributed by atoms with Crippen LogP contribution in [0.3, 0.4) is 0 Å². The molecule has 0 spiro atoms. The summed E-state index contributed by atoms with van der Waals surface area (Å²) in [6.07, 6.45) is -2.14. The Kier molecular flexibility index (Phi) is 8.87. The standard InChI is InChI=1S/C17H16F2N6OS.C2HF3O2/c1-23-8-12(7-21-23)2-3-14-4-5-15(27-14)10-24-11-22-25(17(24)26)9-13(6-20)16(18)19;3-2(4,5)1(6)7/h4-5,7-8,11H,6,9-10,20H2,1H3;(H,6,7). The van der Waals surface area contributed by atoms with Gasteiger partial charge in [-0.15, -0.1) is 11.3 Å². The van der Waals surface area contributed by atoms with E-state index >= 15 is 0 Å². The van der Waals surface area contributed by atoms with E-state index in [4.69, 9.17) is 15.6 Å². The van der Waals surface area contributed by atoms with E-state index in [-0.39, 0.29) is 25.2 Å². The first kappa shape index (κ1) is 26.5. The molecule has 0 amide bonds. The summed E-state index contributed by atoms with van der Waals surface area (Å²) in [6, 6.07) is 3.74. The Bertz CT molecular complexity index is 1290. The van der Waals surface area contributed by atoms with E-state index in [2.05, 4.69) is 22.0 Å². The molecule has 9 nitrogen and oxygen atoms in total. The van der Waals surface area contributed by atoms with Gasteiger partial charge in [-0.2, -0.15) is 32.1 Å². The zero-order chi connectivity index (χ0) is 25.5. The van der Waals surface area contributed by atoms with Gasteiger partial charge in [0, 0.05) is 30.2 Å². The fourth-order valence-electron chi connectivity index (χ4n) is 2.29. The molecular weight excluding hydrogens is 487 g/mol. The number of halogens is 5. The second-order valence-corrected chi connectivity index (χ2v) is 7.66. The fraction of sp³-hybridized carbons (Fsp3) is 0.263. The predicted molar refractivity (Wildman–Crippen MR) is 111 cm³/mol. The van der Waals surface area contributed by atoms with Crippen molar-refractivity contribution in [2.24, 2.45) is 12.8 Å². The first-order chi connectivity index (χ1) is 15.9. The molecule has 3 heterocycles. The summed E-state index contributed by atoms with van der Waals surface area (Å²) in [5.74, 6) is 3.31. The summed E-state index contributed by atoms with van der Waals surface area (Å²) in [4.78, 5) is 22.9. The number of hydrogen-bond donors (Lipinski definition) is 2. The molecule has 3 aromatic rings. The molecule has 3 rings (SSSR count). The maximum absolute atomic E-state index is 12.7. The lowest BCUT2D eigenvalue weighted by Gasteiger charge is -2.02. The Morgan fingerprint density at radius 1 is 1.24 bits per heavy atom. The molecule has 34 heavy (non-hydrogen) atoms.